The zero-order valence-corrected chi connectivity index (χ0v) is 19.1. The van der Waals surface area contributed by atoms with Gasteiger partial charge in [0.05, 0.1) is 79.3 Å². The highest BCUT2D eigenvalue weighted by atomic mass is 16.6. The first-order valence-electron chi connectivity index (χ1n) is 11.7. The number of aliphatic hydroxyl groups excluding tert-OH is 1. The molecule has 2 N–H and O–H groups in total. The number of hydrogen-bond acceptors (Lipinski definition) is 8. The maximum Gasteiger partial charge on any atom is 0.407 e. The minimum atomic E-state index is -0.376. The summed E-state index contributed by atoms with van der Waals surface area (Å²) in [5.41, 5.74) is 0. The first kappa shape index (κ1) is 26.8. The van der Waals surface area contributed by atoms with Crippen LogP contribution >= 0.6 is 0 Å². The molecule has 1 fully saturated rings. The Labute approximate surface area is 191 Å². The Morgan fingerprint density at radius 1 is 0.750 bits per heavy atom. The molecule has 0 spiro atoms. The Hall–Kier alpha value is -1.41. The van der Waals surface area contributed by atoms with E-state index in [1.54, 1.807) is 0 Å². The molecule has 0 radical (unpaired) electrons. The van der Waals surface area contributed by atoms with Gasteiger partial charge in [0.15, 0.2) is 0 Å². The van der Waals surface area contributed by atoms with Crippen molar-refractivity contribution in [1.82, 2.24) is 5.32 Å². The third-order valence-corrected chi connectivity index (χ3v) is 5.49. The summed E-state index contributed by atoms with van der Waals surface area (Å²) in [5, 5.41) is 11.3. The molecule has 1 amide bonds. The number of carbonyl (C=O) groups excluding carboxylic acids is 1. The molecule has 184 valence electrons. The van der Waals surface area contributed by atoms with Crippen LogP contribution in [0.15, 0.2) is 0 Å². The smallest absolute Gasteiger partial charge is 0.407 e. The highest BCUT2D eigenvalue weighted by Gasteiger charge is 2.49. The molecule has 0 aliphatic heterocycles. The van der Waals surface area contributed by atoms with Crippen LogP contribution in [0.4, 0.5) is 4.79 Å². The highest BCUT2D eigenvalue weighted by Crippen LogP contribution is 2.52. The van der Waals surface area contributed by atoms with Gasteiger partial charge in [0.2, 0.25) is 0 Å². The van der Waals surface area contributed by atoms with Crippen LogP contribution in [0.1, 0.15) is 25.7 Å². The van der Waals surface area contributed by atoms with Crippen LogP contribution in [-0.4, -0.2) is 97.0 Å². The first-order valence-corrected chi connectivity index (χ1v) is 11.7. The van der Waals surface area contributed by atoms with E-state index < -0.39 is 0 Å². The second-order valence-electron chi connectivity index (χ2n) is 7.73. The van der Waals surface area contributed by atoms with Gasteiger partial charge in [0.1, 0.15) is 0 Å². The lowest BCUT2D eigenvalue weighted by Gasteiger charge is -2.09. The Morgan fingerprint density at radius 3 is 1.72 bits per heavy atom. The molecule has 0 heterocycles. The molecule has 0 saturated heterocycles. The summed E-state index contributed by atoms with van der Waals surface area (Å²) in [6, 6.07) is 0. The number of amides is 1. The summed E-state index contributed by atoms with van der Waals surface area (Å²) in [7, 11) is 0. The van der Waals surface area contributed by atoms with Gasteiger partial charge in [-0.25, -0.2) is 4.79 Å². The fourth-order valence-corrected chi connectivity index (χ4v) is 3.78. The minimum Gasteiger partial charge on any atom is -0.449 e. The summed E-state index contributed by atoms with van der Waals surface area (Å²) < 4.78 is 32.0. The molecule has 9 heteroatoms. The second-order valence-corrected chi connectivity index (χ2v) is 7.73. The molecule has 1 saturated carbocycles. The van der Waals surface area contributed by atoms with E-state index in [9.17, 15) is 4.79 Å². The third-order valence-electron chi connectivity index (χ3n) is 5.49. The summed E-state index contributed by atoms with van der Waals surface area (Å²) in [4.78, 5) is 11.8. The van der Waals surface area contributed by atoms with Crippen LogP contribution in [0.25, 0.3) is 0 Å². The molecule has 1 unspecified atom stereocenters. The number of nitrogens with one attached hydrogen (secondary N) is 1. The molecule has 2 aliphatic rings. The van der Waals surface area contributed by atoms with Crippen LogP contribution in [0.2, 0.25) is 0 Å². The zero-order chi connectivity index (χ0) is 22.7. The molecular weight excluding hydrogens is 418 g/mol. The highest BCUT2D eigenvalue weighted by molar-refractivity contribution is 5.67. The molecule has 0 aromatic heterocycles. The lowest BCUT2D eigenvalue weighted by Crippen LogP contribution is -2.29. The van der Waals surface area contributed by atoms with Crippen LogP contribution in [0.3, 0.4) is 0 Å². The largest absolute Gasteiger partial charge is 0.449 e. The predicted octanol–water partition coefficient (Wildman–Crippen LogP) is 1.23. The third kappa shape index (κ3) is 12.6. The Morgan fingerprint density at radius 2 is 1.22 bits per heavy atom. The molecule has 32 heavy (non-hydrogen) atoms. The Kier molecular flexibility index (Phi) is 15.2. The normalized spacial score (nSPS) is 21.6. The van der Waals surface area contributed by atoms with E-state index in [2.05, 4.69) is 17.2 Å². The Bertz CT molecular complexity index is 532. The van der Waals surface area contributed by atoms with Gasteiger partial charge >= 0.3 is 6.09 Å². The van der Waals surface area contributed by atoms with E-state index in [1.807, 2.05) is 0 Å². The van der Waals surface area contributed by atoms with Crippen molar-refractivity contribution in [2.24, 2.45) is 17.8 Å². The Balaban J connectivity index is 1.26. The van der Waals surface area contributed by atoms with Crippen LogP contribution < -0.4 is 5.32 Å². The summed E-state index contributed by atoms with van der Waals surface area (Å²) in [5.74, 6) is 8.25. The standard InChI is InChI=1S/C23H39NO8/c25-8-10-28-12-14-30-16-18-31-17-15-29-13-11-27-9-7-24-23(26)32-19-22-20-5-3-1-2-4-6-21(20)22/h20-22,25H,3-19H2,(H,24,26)/t20-,21+,22?. The van der Waals surface area contributed by atoms with E-state index in [1.165, 1.54) is 0 Å². The zero-order valence-electron chi connectivity index (χ0n) is 19.1. The molecule has 9 nitrogen and oxygen atoms in total. The minimum absolute atomic E-state index is 0.0255. The number of aliphatic hydroxyl groups is 1. The summed E-state index contributed by atoms with van der Waals surface area (Å²) in [6.45, 7) is 5.56. The van der Waals surface area contributed by atoms with Gasteiger partial charge in [-0.15, -0.1) is 11.8 Å². The number of carbonyl (C=O) groups is 1. The number of ether oxygens (including phenoxy) is 6. The number of hydrogen-bond donors (Lipinski definition) is 2. The predicted molar refractivity (Wildman–Crippen MR) is 117 cm³/mol. The monoisotopic (exact) mass is 457 g/mol. The van der Waals surface area contributed by atoms with E-state index in [0.717, 1.165) is 25.7 Å². The lowest BCUT2D eigenvalue weighted by molar-refractivity contribution is -0.0130. The first-order chi connectivity index (χ1) is 15.8. The molecule has 0 bridgehead atoms. The van der Waals surface area contributed by atoms with Crippen LogP contribution in [-0.2, 0) is 28.4 Å². The van der Waals surface area contributed by atoms with Gasteiger partial charge in [0, 0.05) is 19.4 Å². The van der Waals surface area contributed by atoms with E-state index >= 15 is 0 Å². The van der Waals surface area contributed by atoms with Crippen LogP contribution in [0, 0.1) is 29.6 Å². The number of rotatable bonds is 19. The quantitative estimate of drug-likeness (QED) is 0.220. The SMILES string of the molecule is O=C(NCCOCCOCCOCCOCCOCCO)OCC1[C@H]2CCC#CCC[C@@H]12. The van der Waals surface area contributed by atoms with Gasteiger partial charge in [0.25, 0.3) is 0 Å². The average molecular weight is 458 g/mol. The van der Waals surface area contributed by atoms with E-state index in [4.69, 9.17) is 33.5 Å². The second kappa shape index (κ2) is 18.1. The van der Waals surface area contributed by atoms with Crippen molar-refractivity contribution in [2.75, 3.05) is 85.8 Å². The molecule has 0 aromatic carbocycles. The van der Waals surface area contributed by atoms with Gasteiger partial charge in [-0.1, -0.05) is 0 Å². The van der Waals surface area contributed by atoms with E-state index in [-0.39, 0.29) is 12.7 Å². The number of alkyl carbamates (subject to hydrolysis) is 1. The van der Waals surface area contributed by atoms with Gasteiger partial charge in [-0.05, 0) is 30.6 Å². The molecule has 2 rings (SSSR count). The van der Waals surface area contributed by atoms with Crippen molar-refractivity contribution in [3.8, 4) is 11.8 Å². The van der Waals surface area contributed by atoms with Crippen molar-refractivity contribution in [3.05, 3.63) is 0 Å². The molecule has 0 aromatic rings. The molecule has 3 atom stereocenters. The topological polar surface area (TPSA) is 105 Å². The fourth-order valence-electron chi connectivity index (χ4n) is 3.78. The maximum absolute atomic E-state index is 11.8. The van der Waals surface area contributed by atoms with Crippen molar-refractivity contribution in [2.45, 2.75) is 25.7 Å². The van der Waals surface area contributed by atoms with Crippen molar-refractivity contribution < 1.29 is 38.3 Å². The van der Waals surface area contributed by atoms with Gasteiger partial charge < -0.3 is 38.8 Å². The van der Waals surface area contributed by atoms with Crippen molar-refractivity contribution in [1.29, 1.82) is 0 Å². The lowest BCUT2D eigenvalue weighted by atomic mass is 10.1. The summed E-state index contributed by atoms with van der Waals surface area (Å²) in [6.07, 6.45) is 3.82. The maximum atomic E-state index is 11.8. The molecular formula is C23H39NO8. The summed E-state index contributed by atoms with van der Waals surface area (Å²) >= 11 is 0. The number of fused-ring (bicyclic) bond motifs is 1. The molecule has 2 aliphatic carbocycles. The van der Waals surface area contributed by atoms with E-state index in [0.29, 0.717) is 97.0 Å². The van der Waals surface area contributed by atoms with Crippen LogP contribution in [0.5, 0.6) is 0 Å². The van der Waals surface area contributed by atoms with Crippen molar-refractivity contribution in [3.63, 3.8) is 0 Å². The van der Waals surface area contributed by atoms with Crippen molar-refractivity contribution >= 4 is 6.09 Å². The average Bonchev–Trinajstić information content (AvgIpc) is 3.43. The van der Waals surface area contributed by atoms with Gasteiger partial charge in [-0.3, -0.25) is 0 Å². The fraction of sp³-hybridized carbons (Fsp3) is 0.870. The van der Waals surface area contributed by atoms with Gasteiger partial charge in [-0.2, -0.15) is 0 Å².